The number of nitrogens with zero attached hydrogens (tertiary/aromatic N) is 2. The Kier molecular flexibility index (Phi) is 23.3. The van der Waals surface area contributed by atoms with Crippen LogP contribution in [0.15, 0.2) is 10.4 Å². The molecule has 0 aromatic rings. The molecular formula is C24H39N3O14S3. The lowest BCUT2D eigenvalue weighted by molar-refractivity contribution is -0.154. The molecular weight excluding hydrogens is 650 g/mol. The van der Waals surface area contributed by atoms with E-state index in [-0.39, 0.29) is 64.2 Å². The van der Waals surface area contributed by atoms with Crippen LogP contribution < -0.4 is 5.48 Å². The molecule has 0 saturated carbocycles. The molecule has 20 heteroatoms. The number of hydrogen-bond donors (Lipinski definition) is 2. The number of hydroxylamine groups is 1. The standard InChI is InChI=1S/C24H39N3O14S3/c1-5-24(13-36-9-10-42-18(25-33)21(30)37-6-2,14-40-16(28)11-43-19(26-34)22(31)38-7-3)15-41-17(29)12-44-20(27-35)23(32)39-8-4/h18-20,26,34H,5-15H2,1-4H3. The molecule has 252 valence electrons. The smallest absolute Gasteiger partial charge is 0.345 e. The summed E-state index contributed by atoms with van der Waals surface area (Å²) in [5, 5.41) is 10.6. The predicted molar refractivity (Wildman–Crippen MR) is 161 cm³/mol. The fraction of sp³-hybridized carbons (Fsp3) is 0.792. The van der Waals surface area contributed by atoms with Crippen molar-refractivity contribution in [1.82, 2.24) is 5.48 Å². The lowest BCUT2D eigenvalue weighted by Crippen LogP contribution is -2.39. The zero-order chi connectivity index (χ0) is 33.4. The maximum Gasteiger partial charge on any atom is 0.345 e. The van der Waals surface area contributed by atoms with E-state index in [2.05, 4.69) is 10.4 Å². The molecule has 44 heavy (non-hydrogen) atoms. The third-order valence-corrected chi connectivity index (χ3v) is 8.28. The Balaban J connectivity index is 5.29. The van der Waals surface area contributed by atoms with Gasteiger partial charge in [0.05, 0.1) is 50.0 Å². The molecule has 2 N–H and O–H groups in total. The Bertz CT molecular complexity index is 932. The largest absolute Gasteiger partial charge is 0.464 e. The van der Waals surface area contributed by atoms with Crippen LogP contribution in [0.1, 0.15) is 34.1 Å². The van der Waals surface area contributed by atoms with Crippen molar-refractivity contribution in [3.63, 3.8) is 0 Å². The topological polar surface area (TPSA) is 232 Å². The Hall–Kier alpha value is -2.52. The van der Waals surface area contributed by atoms with Crippen LogP contribution in [0.25, 0.3) is 0 Å². The van der Waals surface area contributed by atoms with E-state index in [1.54, 1.807) is 33.2 Å². The van der Waals surface area contributed by atoms with E-state index in [0.717, 1.165) is 23.5 Å². The van der Waals surface area contributed by atoms with Crippen LogP contribution in [0.5, 0.6) is 0 Å². The number of esters is 5. The van der Waals surface area contributed by atoms with Gasteiger partial charge in [0.2, 0.25) is 10.7 Å². The quantitative estimate of drug-likeness (QED) is 0.0329. The number of carbonyl (C=O) groups excluding carboxylic acids is 5. The molecule has 0 aliphatic carbocycles. The van der Waals surface area contributed by atoms with Crippen molar-refractivity contribution < 1.29 is 57.6 Å². The highest BCUT2D eigenvalue weighted by Crippen LogP contribution is 2.26. The summed E-state index contributed by atoms with van der Waals surface area (Å²) in [6, 6.07) is 0. The molecule has 0 amide bonds. The molecule has 0 bridgehead atoms. The van der Waals surface area contributed by atoms with Gasteiger partial charge in [-0.3, -0.25) is 9.59 Å². The minimum Gasteiger partial charge on any atom is -0.464 e. The summed E-state index contributed by atoms with van der Waals surface area (Å²) in [7, 11) is 0. The highest BCUT2D eigenvalue weighted by atomic mass is 32.2. The van der Waals surface area contributed by atoms with Gasteiger partial charge in [0.25, 0.3) is 0 Å². The maximum atomic E-state index is 12.4. The number of nitrogens with one attached hydrogen (secondary N) is 1. The van der Waals surface area contributed by atoms with Gasteiger partial charge in [0.15, 0.2) is 5.37 Å². The van der Waals surface area contributed by atoms with Crippen LogP contribution in [0.3, 0.4) is 0 Å². The molecule has 0 heterocycles. The second-order valence-electron chi connectivity index (χ2n) is 8.40. The van der Waals surface area contributed by atoms with Crippen molar-refractivity contribution in [2.24, 2.45) is 15.8 Å². The summed E-state index contributed by atoms with van der Waals surface area (Å²) in [6.45, 7) is 6.02. The van der Waals surface area contributed by atoms with Gasteiger partial charge in [-0.1, -0.05) is 6.92 Å². The average molecular weight is 690 g/mol. The van der Waals surface area contributed by atoms with E-state index in [0.29, 0.717) is 11.8 Å². The Labute approximate surface area is 267 Å². The second-order valence-corrected chi connectivity index (χ2v) is 11.8. The van der Waals surface area contributed by atoms with Crippen molar-refractivity contribution in [2.45, 2.75) is 50.2 Å². The Morgan fingerprint density at radius 2 is 1.18 bits per heavy atom. The molecule has 0 radical (unpaired) electrons. The van der Waals surface area contributed by atoms with E-state index in [1.165, 1.54) is 0 Å². The van der Waals surface area contributed by atoms with Gasteiger partial charge in [-0.05, 0) is 37.5 Å². The lowest BCUT2D eigenvalue weighted by atomic mass is 9.88. The molecule has 17 nitrogen and oxygen atoms in total. The van der Waals surface area contributed by atoms with Crippen LogP contribution in [0.2, 0.25) is 0 Å². The lowest BCUT2D eigenvalue weighted by Gasteiger charge is -2.31. The summed E-state index contributed by atoms with van der Waals surface area (Å²) < 4.78 is 30.7. The average Bonchev–Trinajstić information content (AvgIpc) is 3.01. The minimum atomic E-state index is -1.45. The third-order valence-electron chi connectivity index (χ3n) is 5.25. The van der Waals surface area contributed by atoms with Gasteiger partial charge in [0.1, 0.15) is 13.2 Å². The van der Waals surface area contributed by atoms with Gasteiger partial charge < -0.3 is 33.6 Å². The first-order valence-corrected chi connectivity index (χ1v) is 16.5. The molecule has 0 aromatic carbocycles. The molecule has 0 aromatic heterocycles. The van der Waals surface area contributed by atoms with Crippen molar-refractivity contribution in [1.29, 1.82) is 0 Å². The van der Waals surface area contributed by atoms with E-state index in [9.17, 15) is 33.8 Å². The fourth-order valence-electron chi connectivity index (χ4n) is 2.87. The molecule has 0 aliphatic heterocycles. The monoisotopic (exact) mass is 689 g/mol. The van der Waals surface area contributed by atoms with Crippen LogP contribution in [0, 0.1) is 15.2 Å². The number of hydrogen-bond acceptors (Lipinski definition) is 20. The van der Waals surface area contributed by atoms with Gasteiger partial charge in [0, 0.05) is 5.75 Å². The summed E-state index contributed by atoms with van der Waals surface area (Å²) >= 11 is 2.26. The third kappa shape index (κ3) is 17.1. The normalized spacial score (nSPS) is 14.2. The van der Waals surface area contributed by atoms with Crippen LogP contribution in [-0.2, 0) is 52.4 Å². The first-order valence-electron chi connectivity index (χ1n) is 13.3. The molecule has 0 saturated heterocycles. The number of nitroso groups, excluding NO2 is 2. The summed E-state index contributed by atoms with van der Waals surface area (Å²) in [6.07, 6.45) is 0.285. The number of rotatable bonds is 26. The SMILES string of the molecule is CCOC(=O)C(N=O)SCCOCC(CC)(COC(=O)CSC(N=O)C(=O)OCC)COC(=O)CSC(NO)C(=O)OCC. The van der Waals surface area contributed by atoms with E-state index >= 15 is 0 Å². The maximum absolute atomic E-state index is 12.4. The highest BCUT2D eigenvalue weighted by molar-refractivity contribution is 8.01. The van der Waals surface area contributed by atoms with Crippen LogP contribution in [0.4, 0.5) is 0 Å². The number of ether oxygens (including phenoxy) is 6. The molecule has 0 aliphatic rings. The predicted octanol–water partition coefficient (Wildman–Crippen LogP) is 1.86. The molecule has 0 rings (SSSR count). The first-order chi connectivity index (χ1) is 21.1. The summed E-state index contributed by atoms with van der Waals surface area (Å²) in [5.41, 5.74) is 0.689. The van der Waals surface area contributed by atoms with Crippen molar-refractivity contribution in [2.75, 3.05) is 63.5 Å². The molecule has 4 unspecified atom stereocenters. The van der Waals surface area contributed by atoms with Gasteiger partial charge >= 0.3 is 29.8 Å². The number of thioether (sulfide) groups is 3. The Morgan fingerprint density at radius 3 is 1.64 bits per heavy atom. The van der Waals surface area contributed by atoms with Crippen molar-refractivity contribution in [3.05, 3.63) is 9.81 Å². The van der Waals surface area contributed by atoms with E-state index in [4.69, 9.17) is 33.6 Å². The van der Waals surface area contributed by atoms with Gasteiger partial charge in [-0.25, -0.2) is 14.4 Å². The summed E-state index contributed by atoms with van der Waals surface area (Å²) in [4.78, 5) is 82.0. The summed E-state index contributed by atoms with van der Waals surface area (Å²) in [5.74, 6) is -4.55. The Morgan fingerprint density at radius 1 is 0.705 bits per heavy atom. The van der Waals surface area contributed by atoms with Gasteiger partial charge in [-0.15, -0.1) is 45.1 Å². The van der Waals surface area contributed by atoms with Crippen molar-refractivity contribution in [3.8, 4) is 0 Å². The van der Waals surface area contributed by atoms with E-state index < -0.39 is 57.1 Å². The highest BCUT2D eigenvalue weighted by Gasteiger charge is 2.34. The zero-order valence-electron chi connectivity index (χ0n) is 24.9. The van der Waals surface area contributed by atoms with Crippen LogP contribution in [-0.4, -0.2) is 115 Å². The van der Waals surface area contributed by atoms with Crippen LogP contribution >= 0.6 is 35.3 Å². The number of carbonyl (C=O) groups is 5. The zero-order valence-corrected chi connectivity index (χ0v) is 27.3. The second kappa shape index (κ2) is 24.8. The van der Waals surface area contributed by atoms with Gasteiger partial charge in [-0.2, -0.15) is 5.48 Å². The van der Waals surface area contributed by atoms with E-state index in [1.807, 2.05) is 0 Å². The minimum absolute atomic E-state index is 0.0275. The first kappa shape index (κ1) is 41.5. The molecule has 4 atom stereocenters. The van der Waals surface area contributed by atoms with Crippen molar-refractivity contribution >= 4 is 65.1 Å². The fourth-order valence-corrected chi connectivity index (χ4v) is 4.88. The molecule has 0 spiro atoms. The molecule has 0 fully saturated rings.